The Labute approximate surface area is 156 Å². The van der Waals surface area contributed by atoms with E-state index >= 15 is 0 Å². The second-order valence-electron chi connectivity index (χ2n) is 7.28. The molecule has 0 aromatic carbocycles. The third-order valence-corrected chi connectivity index (χ3v) is 6.80. The lowest BCUT2D eigenvalue weighted by molar-refractivity contribution is 0.0689. The zero-order valence-corrected chi connectivity index (χ0v) is 15.1. The van der Waals surface area contributed by atoms with Crippen LogP contribution in [0.3, 0.4) is 0 Å². The van der Waals surface area contributed by atoms with Crippen molar-refractivity contribution in [2.24, 2.45) is 11.8 Å². The molecule has 3 aromatic rings. The van der Waals surface area contributed by atoms with E-state index < -0.39 is 17.8 Å². The lowest BCUT2D eigenvalue weighted by Crippen LogP contribution is -2.26. The summed E-state index contributed by atoms with van der Waals surface area (Å²) < 4.78 is 29.3. The van der Waals surface area contributed by atoms with Crippen LogP contribution in [0.2, 0.25) is 0 Å². The van der Waals surface area contributed by atoms with Crippen molar-refractivity contribution >= 4 is 21.6 Å². The van der Waals surface area contributed by atoms with Crippen LogP contribution in [-0.4, -0.2) is 20.5 Å². The molecule has 2 aliphatic rings. The molecule has 0 aliphatic heterocycles. The molecule has 0 radical (unpaired) electrons. The molecule has 0 amide bonds. The highest BCUT2D eigenvalue weighted by atomic mass is 32.1. The first-order chi connectivity index (χ1) is 12.9. The second kappa shape index (κ2) is 5.42. The van der Waals surface area contributed by atoms with Crippen LogP contribution in [0.15, 0.2) is 28.5 Å². The minimum absolute atomic E-state index is 0.188. The van der Waals surface area contributed by atoms with Crippen molar-refractivity contribution < 1.29 is 8.78 Å². The summed E-state index contributed by atoms with van der Waals surface area (Å²) in [6.07, 6.45) is 2.13. The number of pyridine rings is 1. The van der Waals surface area contributed by atoms with Gasteiger partial charge < -0.3 is 0 Å². The molecule has 0 spiro atoms. The fraction of sp³-hybridized carbons (Fsp3) is 0.368. The molecule has 2 atom stereocenters. The normalized spacial score (nSPS) is 25.3. The van der Waals surface area contributed by atoms with E-state index in [4.69, 9.17) is 10.2 Å². The molecule has 8 heteroatoms. The van der Waals surface area contributed by atoms with Gasteiger partial charge in [0.2, 0.25) is 0 Å². The average molecular weight is 384 g/mol. The van der Waals surface area contributed by atoms with Gasteiger partial charge in [-0.25, -0.2) is 18.7 Å². The SMILES string of the molecule is Cc1csc2c(=O)n(-c3ccc(C#N)nc3)c(C3CC4C(C3)C4(F)F)nc12. The molecule has 3 heterocycles. The molecular weight excluding hydrogens is 370 g/mol. The summed E-state index contributed by atoms with van der Waals surface area (Å²) in [5.41, 5.74) is 2.09. The van der Waals surface area contributed by atoms with Gasteiger partial charge in [0.15, 0.2) is 0 Å². The van der Waals surface area contributed by atoms with Gasteiger partial charge in [0.1, 0.15) is 22.3 Å². The van der Waals surface area contributed by atoms with Crippen LogP contribution in [0.5, 0.6) is 0 Å². The van der Waals surface area contributed by atoms with Crippen LogP contribution in [0.4, 0.5) is 8.78 Å². The zero-order chi connectivity index (χ0) is 18.9. The van der Waals surface area contributed by atoms with Crippen LogP contribution in [-0.2, 0) is 0 Å². The maximum Gasteiger partial charge on any atom is 0.276 e. The summed E-state index contributed by atoms with van der Waals surface area (Å²) >= 11 is 1.33. The van der Waals surface area contributed by atoms with E-state index in [0.717, 1.165) is 5.56 Å². The van der Waals surface area contributed by atoms with E-state index in [1.807, 2.05) is 18.4 Å². The van der Waals surface area contributed by atoms with Crippen molar-refractivity contribution in [3.63, 3.8) is 0 Å². The summed E-state index contributed by atoms with van der Waals surface area (Å²) in [4.78, 5) is 22.0. The third-order valence-electron chi connectivity index (χ3n) is 5.72. The number of fused-ring (bicyclic) bond motifs is 2. The minimum Gasteiger partial charge on any atom is -0.267 e. The molecule has 5 nitrogen and oxygen atoms in total. The predicted octanol–water partition coefficient (Wildman–Crippen LogP) is 3.78. The summed E-state index contributed by atoms with van der Waals surface area (Å²) in [6, 6.07) is 5.13. The van der Waals surface area contributed by atoms with Crippen LogP contribution >= 0.6 is 11.3 Å². The topological polar surface area (TPSA) is 71.6 Å². The van der Waals surface area contributed by atoms with Gasteiger partial charge in [0, 0.05) is 17.8 Å². The number of rotatable bonds is 2. The molecule has 0 N–H and O–H groups in total. The average Bonchev–Trinajstić information content (AvgIpc) is 3.07. The molecule has 2 fully saturated rings. The Balaban J connectivity index is 1.69. The van der Waals surface area contributed by atoms with Gasteiger partial charge in [-0.2, -0.15) is 5.26 Å². The van der Waals surface area contributed by atoms with Crippen LogP contribution in [0.25, 0.3) is 15.9 Å². The summed E-state index contributed by atoms with van der Waals surface area (Å²) in [5, 5.41) is 10.8. The number of thiophene rings is 1. The van der Waals surface area contributed by atoms with E-state index in [0.29, 0.717) is 34.6 Å². The summed E-state index contributed by atoms with van der Waals surface area (Å²) in [6.45, 7) is 1.89. The van der Waals surface area contributed by atoms with Gasteiger partial charge in [-0.1, -0.05) is 0 Å². The molecule has 5 rings (SSSR count). The highest BCUT2D eigenvalue weighted by Gasteiger charge is 2.71. The molecule has 27 heavy (non-hydrogen) atoms. The Bertz CT molecular complexity index is 1160. The van der Waals surface area contributed by atoms with Crippen LogP contribution in [0, 0.1) is 30.1 Å². The fourth-order valence-electron chi connectivity index (χ4n) is 4.23. The monoisotopic (exact) mass is 384 g/mol. The first-order valence-electron chi connectivity index (χ1n) is 8.67. The Morgan fingerprint density at radius 3 is 2.70 bits per heavy atom. The quantitative estimate of drug-likeness (QED) is 0.674. The van der Waals surface area contributed by atoms with E-state index in [2.05, 4.69) is 4.98 Å². The number of hydrogen-bond acceptors (Lipinski definition) is 5. The first kappa shape index (κ1) is 16.5. The molecule has 3 aromatic heterocycles. The molecular formula is C19H14F2N4OS. The number of aryl methyl sites for hydroxylation is 1. The zero-order valence-electron chi connectivity index (χ0n) is 14.3. The van der Waals surface area contributed by atoms with Gasteiger partial charge in [-0.15, -0.1) is 11.3 Å². The first-order valence-corrected chi connectivity index (χ1v) is 9.55. The van der Waals surface area contributed by atoms with Crippen LogP contribution in [0.1, 0.15) is 35.8 Å². The van der Waals surface area contributed by atoms with Gasteiger partial charge >= 0.3 is 0 Å². The van der Waals surface area contributed by atoms with E-state index in [1.165, 1.54) is 28.2 Å². The number of alkyl halides is 2. The smallest absolute Gasteiger partial charge is 0.267 e. The van der Waals surface area contributed by atoms with E-state index in [1.54, 1.807) is 6.07 Å². The predicted molar refractivity (Wildman–Crippen MR) is 96.4 cm³/mol. The maximum absolute atomic E-state index is 13.7. The van der Waals surface area contributed by atoms with Crippen molar-refractivity contribution in [3.8, 4) is 11.8 Å². The van der Waals surface area contributed by atoms with E-state index in [9.17, 15) is 13.6 Å². The van der Waals surface area contributed by atoms with Crippen LogP contribution < -0.4 is 5.56 Å². The van der Waals surface area contributed by atoms with Crippen molar-refractivity contribution in [3.05, 3.63) is 51.1 Å². The number of aromatic nitrogens is 3. The fourth-order valence-corrected chi connectivity index (χ4v) is 5.15. The number of nitriles is 1. The number of nitrogens with zero attached hydrogens (tertiary/aromatic N) is 4. The van der Waals surface area contributed by atoms with Crippen molar-refractivity contribution in [1.29, 1.82) is 5.26 Å². The Hall–Kier alpha value is -2.66. The minimum atomic E-state index is -2.57. The molecule has 2 aliphatic carbocycles. The number of halogens is 2. The highest BCUT2D eigenvalue weighted by molar-refractivity contribution is 7.17. The van der Waals surface area contributed by atoms with Gasteiger partial charge in [-0.3, -0.25) is 9.36 Å². The molecule has 0 bridgehead atoms. The summed E-state index contributed by atoms with van der Waals surface area (Å²) in [5.74, 6) is -3.45. The van der Waals surface area contributed by atoms with Gasteiger partial charge in [-0.05, 0) is 42.8 Å². The maximum atomic E-state index is 13.7. The van der Waals surface area contributed by atoms with Gasteiger partial charge in [0.25, 0.3) is 11.5 Å². The highest BCUT2D eigenvalue weighted by Crippen LogP contribution is 2.67. The van der Waals surface area contributed by atoms with Crippen molar-refractivity contribution in [2.75, 3.05) is 0 Å². The van der Waals surface area contributed by atoms with Gasteiger partial charge in [0.05, 0.1) is 17.4 Å². The lowest BCUT2D eigenvalue weighted by atomic mass is 10.0. The van der Waals surface area contributed by atoms with Crippen molar-refractivity contribution in [2.45, 2.75) is 31.6 Å². The summed E-state index contributed by atoms with van der Waals surface area (Å²) in [7, 11) is 0. The Kier molecular flexibility index (Phi) is 3.32. The molecule has 0 saturated heterocycles. The third kappa shape index (κ3) is 2.28. The van der Waals surface area contributed by atoms with E-state index in [-0.39, 0.29) is 17.2 Å². The molecule has 2 unspecified atom stereocenters. The standard InChI is InChI=1S/C19H14F2N4OS/c1-9-8-27-16-15(9)24-17(10-4-13-14(5-10)19(13,20)21)25(18(16)26)12-3-2-11(6-22)23-7-12/h2-3,7-8,10,13-14H,4-5H2,1H3. The second-order valence-corrected chi connectivity index (χ2v) is 8.16. The molecule has 136 valence electrons. The Morgan fingerprint density at radius 2 is 2.07 bits per heavy atom. The lowest BCUT2D eigenvalue weighted by Gasteiger charge is -2.19. The number of hydrogen-bond donors (Lipinski definition) is 0. The molecule has 2 saturated carbocycles. The van der Waals surface area contributed by atoms with Crippen molar-refractivity contribution in [1.82, 2.24) is 14.5 Å². The Morgan fingerprint density at radius 1 is 1.33 bits per heavy atom. The largest absolute Gasteiger partial charge is 0.276 e.